The highest BCUT2D eigenvalue weighted by atomic mass is 35.5. The first-order valence-corrected chi connectivity index (χ1v) is 12.3. The van der Waals surface area contributed by atoms with Crippen LogP contribution in [0.4, 0.5) is 0 Å². The van der Waals surface area contributed by atoms with E-state index in [-0.39, 0.29) is 28.9 Å². The number of carbonyl (C=O) groups excluding carboxylic acids is 1. The zero-order chi connectivity index (χ0) is 21.9. The van der Waals surface area contributed by atoms with Gasteiger partial charge in [-0.2, -0.15) is 0 Å². The van der Waals surface area contributed by atoms with E-state index in [1.807, 2.05) is 30.3 Å². The summed E-state index contributed by atoms with van der Waals surface area (Å²) in [6, 6.07) is 15.1. The molecule has 2 aromatic rings. The molecule has 1 aliphatic rings. The van der Waals surface area contributed by atoms with Gasteiger partial charge in [0.2, 0.25) is 5.91 Å². The molecule has 0 aromatic heterocycles. The van der Waals surface area contributed by atoms with Crippen LogP contribution in [0.3, 0.4) is 0 Å². The molecule has 2 aromatic carbocycles. The molecule has 4 nitrogen and oxygen atoms in total. The minimum atomic E-state index is -3.11. The van der Waals surface area contributed by atoms with E-state index in [0.29, 0.717) is 18.0 Å². The Balaban J connectivity index is 1.83. The van der Waals surface area contributed by atoms with Gasteiger partial charge in [-0.3, -0.25) is 4.79 Å². The van der Waals surface area contributed by atoms with Crippen LogP contribution in [0.5, 0.6) is 0 Å². The van der Waals surface area contributed by atoms with E-state index in [1.54, 1.807) is 17.0 Å². The summed E-state index contributed by atoms with van der Waals surface area (Å²) in [5.74, 6) is -0.0749. The Morgan fingerprint density at radius 3 is 2.37 bits per heavy atom. The van der Waals surface area contributed by atoms with E-state index in [9.17, 15) is 13.2 Å². The second-order valence-corrected chi connectivity index (χ2v) is 11.5. The van der Waals surface area contributed by atoms with Gasteiger partial charge in [-0.05, 0) is 40.7 Å². The lowest BCUT2D eigenvalue weighted by Gasteiger charge is -2.28. The normalized spacial score (nSPS) is 18.6. The lowest BCUT2D eigenvalue weighted by Crippen LogP contribution is -2.39. The lowest BCUT2D eigenvalue weighted by molar-refractivity contribution is -0.128. The van der Waals surface area contributed by atoms with Gasteiger partial charge in [0.05, 0.1) is 11.5 Å². The molecule has 1 fully saturated rings. The van der Waals surface area contributed by atoms with Crippen LogP contribution in [0.2, 0.25) is 5.02 Å². The Morgan fingerprint density at radius 1 is 1.13 bits per heavy atom. The van der Waals surface area contributed by atoms with Crippen molar-refractivity contribution in [1.29, 1.82) is 0 Å². The molecule has 0 spiro atoms. The Hall–Kier alpha value is -2.11. The molecule has 1 atom stereocenters. The third-order valence-corrected chi connectivity index (χ3v) is 7.51. The van der Waals surface area contributed by atoms with Gasteiger partial charge in [0.15, 0.2) is 9.84 Å². The van der Waals surface area contributed by atoms with E-state index in [4.69, 9.17) is 11.6 Å². The van der Waals surface area contributed by atoms with Crippen molar-refractivity contribution in [2.75, 3.05) is 11.5 Å². The van der Waals surface area contributed by atoms with Crippen LogP contribution in [-0.2, 0) is 26.6 Å². The number of amides is 1. The van der Waals surface area contributed by atoms with Crippen molar-refractivity contribution in [3.05, 3.63) is 76.3 Å². The molecular formula is C24H28ClNO3S. The average Bonchev–Trinajstić information content (AvgIpc) is 3.04. The Kier molecular flexibility index (Phi) is 6.73. The number of rotatable bonds is 5. The smallest absolute Gasteiger partial charge is 0.247 e. The molecule has 0 radical (unpaired) electrons. The average molecular weight is 446 g/mol. The standard InChI is InChI=1S/C24H28ClNO3S/c1-24(2,3)20-11-8-18(9-12-20)16-26(21-14-15-30(28,29)17-21)23(27)13-10-19-6-4-5-7-22(19)25/h4-13,21H,14-17H2,1-3H3. The Morgan fingerprint density at radius 2 is 1.80 bits per heavy atom. The number of sulfone groups is 1. The monoisotopic (exact) mass is 445 g/mol. The van der Waals surface area contributed by atoms with Crippen LogP contribution in [0, 0.1) is 0 Å². The first-order chi connectivity index (χ1) is 14.0. The number of hydrogen-bond acceptors (Lipinski definition) is 3. The summed E-state index contributed by atoms with van der Waals surface area (Å²) in [5, 5.41) is 0.564. The summed E-state index contributed by atoms with van der Waals surface area (Å²) >= 11 is 6.18. The maximum atomic E-state index is 13.1. The van der Waals surface area contributed by atoms with Crippen molar-refractivity contribution in [1.82, 2.24) is 4.90 Å². The minimum Gasteiger partial charge on any atom is -0.331 e. The summed E-state index contributed by atoms with van der Waals surface area (Å²) in [4.78, 5) is 14.7. The van der Waals surface area contributed by atoms with E-state index >= 15 is 0 Å². The highest BCUT2D eigenvalue weighted by Crippen LogP contribution is 2.25. The number of nitrogens with zero attached hydrogens (tertiary/aromatic N) is 1. The highest BCUT2D eigenvalue weighted by molar-refractivity contribution is 7.91. The fraction of sp³-hybridized carbons (Fsp3) is 0.375. The van der Waals surface area contributed by atoms with Crippen LogP contribution in [-0.4, -0.2) is 36.8 Å². The van der Waals surface area contributed by atoms with E-state index in [0.717, 1.165) is 11.1 Å². The minimum absolute atomic E-state index is 0.0126. The number of halogens is 1. The summed E-state index contributed by atoms with van der Waals surface area (Å²) in [6.07, 6.45) is 3.63. The van der Waals surface area contributed by atoms with Gasteiger partial charge in [0.25, 0.3) is 0 Å². The summed E-state index contributed by atoms with van der Waals surface area (Å²) in [6.45, 7) is 6.83. The van der Waals surface area contributed by atoms with E-state index in [2.05, 4.69) is 32.9 Å². The molecule has 0 bridgehead atoms. The first-order valence-electron chi connectivity index (χ1n) is 10.1. The predicted octanol–water partition coefficient (Wildman–Crippen LogP) is 4.87. The van der Waals surface area contributed by atoms with Crippen LogP contribution in [0.1, 0.15) is 43.9 Å². The molecule has 160 valence electrons. The SMILES string of the molecule is CC(C)(C)c1ccc(CN(C(=O)C=Cc2ccccc2Cl)C2CCS(=O)(=O)C2)cc1. The van der Waals surface area contributed by atoms with Gasteiger partial charge < -0.3 is 4.90 Å². The highest BCUT2D eigenvalue weighted by Gasteiger charge is 2.34. The molecule has 1 saturated heterocycles. The molecule has 1 aliphatic heterocycles. The molecule has 30 heavy (non-hydrogen) atoms. The molecule has 1 heterocycles. The van der Waals surface area contributed by atoms with Crippen LogP contribution in [0.25, 0.3) is 6.08 Å². The maximum absolute atomic E-state index is 13.1. The second-order valence-electron chi connectivity index (χ2n) is 8.82. The molecule has 1 amide bonds. The van der Waals surface area contributed by atoms with Crippen molar-refractivity contribution in [2.45, 2.75) is 45.2 Å². The zero-order valence-electron chi connectivity index (χ0n) is 17.6. The summed E-state index contributed by atoms with van der Waals surface area (Å²) in [5.41, 5.74) is 2.99. The van der Waals surface area contributed by atoms with Gasteiger partial charge in [0.1, 0.15) is 0 Å². The van der Waals surface area contributed by atoms with Gasteiger partial charge in [-0.15, -0.1) is 0 Å². The van der Waals surface area contributed by atoms with Crippen molar-refractivity contribution in [2.24, 2.45) is 0 Å². The molecule has 0 saturated carbocycles. The predicted molar refractivity (Wildman–Crippen MR) is 123 cm³/mol. The quantitative estimate of drug-likeness (QED) is 0.617. The number of benzene rings is 2. The fourth-order valence-electron chi connectivity index (χ4n) is 3.58. The second kappa shape index (κ2) is 8.94. The molecule has 0 N–H and O–H groups in total. The van der Waals surface area contributed by atoms with Crippen LogP contribution in [0.15, 0.2) is 54.6 Å². The lowest BCUT2D eigenvalue weighted by atomic mass is 9.86. The van der Waals surface area contributed by atoms with Gasteiger partial charge >= 0.3 is 0 Å². The maximum Gasteiger partial charge on any atom is 0.247 e. The molecular weight excluding hydrogens is 418 g/mol. The Bertz CT molecular complexity index is 1040. The van der Waals surface area contributed by atoms with Crippen molar-refractivity contribution < 1.29 is 13.2 Å². The molecule has 6 heteroatoms. The van der Waals surface area contributed by atoms with Gasteiger partial charge in [0, 0.05) is 23.7 Å². The third kappa shape index (κ3) is 5.73. The first kappa shape index (κ1) is 22.6. The van der Waals surface area contributed by atoms with Gasteiger partial charge in [-0.25, -0.2) is 8.42 Å². The topological polar surface area (TPSA) is 54.5 Å². The summed E-state index contributed by atoms with van der Waals surface area (Å²) < 4.78 is 24.1. The molecule has 0 aliphatic carbocycles. The van der Waals surface area contributed by atoms with Crippen LogP contribution < -0.4 is 0 Å². The Labute approximate surface area is 184 Å². The molecule has 1 unspecified atom stereocenters. The van der Waals surface area contributed by atoms with Crippen molar-refractivity contribution >= 4 is 33.4 Å². The summed E-state index contributed by atoms with van der Waals surface area (Å²) in [7, 11) is -3.11. The van der Waals surface area contributed by atoms with E-state index in [1.165, 1.54) is 11.6 Å². The van der Waals surface area contributed by atoms with Gasteiger partial charge in [-0.1, -0.05) is 74.8 Å². The number of hydrogen-bond donors (Lipinski definition) is 0. The van der Waals surface area contributed by atoms with Crippen molar-refractivity contribution in [3.63, 3.8) is 0 Å². The van der Waals surface area contributed by atoms with Crippen LogP contribution >= 0.6 is 11.6 Å². The van der Waals surface area contributed by atoms with Crippen molar-refractivity contribution in [3.8, 4) is 0 Å². The third-order valence-electron chi connectivity index (χ3n) is 5.42. The fourth-order valence-corrected chi connectivity index (χ4v) is 5.51. The zero-order valence-corrected chi connectivity index (χ0v) is 19.2. The number of carbonyl (C=O) groups is 1. The largest absolute Gasteiger partial charge is 0.331 e. The molecule has 3 rings (SSSR count). The van der Waals surface area contributed by atoms with E-state index < -0.39 is 9.84 Å².